The molecule has 1 N–H and O–H groups in total. The topological polar surface area (TPSA) is 54.3 Å². The number of hydrogen-bond donors (Lipinski definition) is 1. The molecule has 1 saturated carbocycles. The van der Waals surface area contributed by atoms with Crippen LogP contribution >= 0.6 is 0 Å². The predicted molar refractivity (Wildman–Crippen MR) is 74.5 cm³/mol. The Morgan fingerprint density at radius 1 is 1.11 bits per heavy atom. The molecule has 0 bridgehead atoms. The zero-order chi connectivity index (χ0) is 13.7. The minimum Gasteiger partial charge on any atom is -0.497 e. The molecule has 0 aliphatic heterocycles. The largest absolute Gasteiger partial charge is 0.497 e. The van der Waals surface area contributed by atoms with E-state index in [4.69, 9.17) is 9.47 Å². The molecule has 0 saturated heterocycles. The second-order valence-corrected chi connectivity index (χ2v) is 4.87. The lowest BCUT2D eigenvalue weighted by molar-refractivity contribution is 0.385. The van der Waals surface area contributed by atoms with E-state index in [0.717, 1.165) is 36.4 Å². The molecule has 1 aromatic rings. The van der Waals surface area contributed by atoms with Crippen molar-refractivity contribution in [2.45, 2.75) is 31.7 Å². The predicted octanol–water partition coefficient (Wildman–Crippen LogP) is 3.20. The van der Waals surface area contributed by atoms with E-state index in [1.54, 1.807) is 14.2 Å². The van der Waals surface area contributed by atoms with Gasteiger partial charge in [0.2, 0.25) is 0 Å². The Labute approximate surface area is 114 Å². The van der Waals surface area contributed by atoms with E-state index in [2.05, 4.69) is 11.4 Å². The fourth-order valence-corrected chi connectivity index (χ4v) is 2.56. The number of nitriles is 1. The van der Waals surface area contributed by atoms with Crippen LogP contribution in [0.3, 0.4) is 0 Å². The minimum atomic E-state index is 0.0888. The van der Waals surface area contributed by atoms with Crippen LogP contribution in [0, 0.1) is 17.2 Å². The zero-order valence-corrected chi connectivity index (χ0v) is 11.5. The number of hydrogen-bond acceptors (Lipinski definition) is 4. The highest BCUT2D eigenvalue weighted by molar-refractivity contribution is 5.54. The number of ether oxygens (including phenoxy) is 2. The van der Waals surface area contributed by atoms with E-state index < -0.39 is 0 Å². The Morgan fingerprint density at radius 2 is 1.74 bits per heavy atom. The summed E-state index contributed by atoms with van der Waals surface area (Å²) < 4.78 is 10.5. The summed E-state index contributed by atoms with van der Waals surface area (Å²) in [7, 11) is 3.27. The van der Waals surface area contributed by atoms with Crippen LogP contribution in [0.2, 0.25) is 0 Å². The van der Waals surface area contributed by atoms with Gasteiger partial charge in [-0.2, -0.15) is 5.26 Å². The lowest BCUT2D eigenvalue weighted by Crippen LogP contribution is -2.31. The maximum absolute atomic E-state index is 9.20. The van der Waals surface area contributed by atoms with Crippen LogP contribution in [0.15, 0.2) is 18.2 Å². The van der Waals surface area contributed by atoms with Crippen LogP contribution in [0.5, 0.6) is 11.5 Å². The molecule has 0 radical (unpaired) electrons. The molecule has 102 valence electrons. The van der Waals surface area contributed by atoms with Crippen LogP contribution in [0.1, 0.15) is 25.7 Å². The van der Waals surface area contributed by atoms with Crippen LogP contribution in [0.4, 0.5) is 5.69 Å². The van der Waals surface area contributed by atoms with Crippen LogP contribution in [-0.2, 0) is 0 Å². The third-order valence-corrected chi connectivity index (χ3v) is 3.64. The molecule has 4 heteroatoms. The van der Waals surface area contributed by atoms with Crippen molar-refractivity contribution in [2.24, 2.45) is 5.92 Å². The Balaban J connectivity index is 2.15. The molecule has 2 unspecified atom stereocenters. The first-order valence-electron chi connectivity index (χ1n) is 6.66. The van der Waals surface area contributed by atoms with Gasteiger partial charge in [0.25, 0.3) is 0 Å². The lowest BCUT2D eigenvalue weighted by Gasteiger charge is -2.28. The van der Waals surface area contributed by atoms with Gasteiger partial charge in [-0.15, -0.1) is 0 Å². The van der Waals surface area contributed by atoms with Crippen LogP contribution in [0.25, 0.3) is 0 Å². The molecule has 1 aromatic carbocycles. The number of nitrogens with one attached hydrogen (secondary N) is 1. The minimum absolute atomic E-state index is 0.0888. The first kappa shape index (κ1) is 13.5. The number of benzene rings is 1. The summed E-state index contributed by atoms with van der Waals surface area (Å²) in [4.78, 5) is 0. The molecule has 2 rings (SSSR count). The molecule has 0 aromatic heterocycles. The van der Waals surface area contributed by atoms with E-state index in [9.17, 15) is 5.26 Å². The molecule has 4 nitrogen and oxygen atoms in total. The van der Waals surface area contributed by atoms with Crippen molar-refractivity contribution in [3.63, 3.8) is 0 Å². The van der Waals surface area contributed by atoms with Crippen molar-refractivity contribution in [3.8, 4) is 17.6 Å². The SMILES string of the molecule is COc1cc(NC2CCCCC2C#N)cc(OC)c1. The van der Waals surface area contributed by atoms with Crippen molar-refractivity contribution < 1.29 is 9.47 Å². The summed E-state index contributed by atoms with van der Waals surface area (Å²) in [6.07, 6.45) is 4.35. The quantitative estimate of drug-likeness (QED) is 0.903. The van der Waals surface area contributed by atoms with Crippen molar-refractivity contribution in [2.75, 3.05) is 19.5 Å². The fourth-order valence-electron chi connectivity index (χ4n) is 2.56. The number of nitrogens with zero attached hydrogens (tertiary/aromatic N) is 1. The molecular weight excluding hydrogens is 240 g/mol. The van der Waals surface area contributed by atoms with E-state index in [1.165, 1.54) is 6.42 Å². The van der Waals surface area contributed by atoms with Gasteiger partial charge in [-0.1, -0.05) is 12.8 Å². The maximum Gasteiger partial charge on any atom is 0.124 e. The molecule has 1 aliphatic carbocycles. The molecule has 1 fully saturated rings. The van der Waals surface area contributed by atoms with Gasteiger partial charge in [0, 0.05) is 29.9 Å². The average Bonchev–Trinajstić information content (AvgIpc) is 2.47. The third-order valence-electron chi connectivity index (χ3n) is 3.64. The summed E-state index contributed by atoms with van der Waals surface area (Å²) in [5.74, 6) is 1.60. The Hall–Kier alpha value is -1.89. The molecular formula is C15H20N2O2. The summed E-state index contributed by atoms with van der Waals surface area (Å²) in [6, 6.07) is 8.34. The Kier molecular flexibility index (Phi) is 4.51. The average molecular weight is 260 g/mol. The van der Waals surface area contributed by atoms with Gasteiger partial charge >= 0.3 is 0 Å². The number of methoxy groups -OCH3 is 2. The van der Waals surface area contributed by atoms with E-state index in [-0.39, 0.29) is 12.0 Å². The normalized spacial score (nSPS) is 22.4. The second kappa shape index (κ2) is 6.33. The molecule has 0 heterocycles. The van der Waals surface area contributed by atoms with Gasteiger partial charge in [-0.3, -0.25) is 0 Å². The van der Waals surface area contributed by atoms with E-state index in [0.29, 0.717) is 0 Å². The highest BCUT2D eigenvalue weighted by atomic mass is 16.5. The molecule has 1 aliphatic rings. The lowest BCUT2D eigenvalue weighted by atomic mass is 9.85. The standard InChI is InChI=1S/C15H20N2O2/c1-18-13-7-12(8-14(9-13)19-2)17-15-6-4-3-5-11(15)10-16/h7-9,11,15,17H,3-6H2,1-2H3. The Bertz CT molecular complexity index is 445. The highest BCUT2D eigenvalue weighted by Crippen LogP contribution is 2.30. The summed E-state index contributed by atoms with van der Waals surface area (Å²) in [6.45, 7) is 0. The van der Waals surface area contributed by atoms with Crippen molar-refractivity contribution in [3.05, 3.63) is 18.2 Å². The molecule has 0 amide bonds. The molecule has 2 atom stereocenters. The van der Waals surface area contributed by atoms with Crippen LogP contribution in [-0.4, -0.2) is 20.3 Å². The van der Waals surface area contributed by atoms with Crippen molar-refractivity contribution in [1.29, 1.82) is 5.26 Å². The van der Waals surface area contributed by atoms with Crippen molar-refractivity contribution in [1.82, 2.24) is 0 Å². The molecule has 0 spiro atoms. The first-order chi connectivity index (χ1) is 9.26. The summed E-state index contributed by atoms with van der Waals surface area (Å²) in [5.41, 5.74) is 0.948. The van der Waals surface area contributed by atoms with Crippen LogP contribution < -0.4 is 14.8 Å². The van der Waals surface area contributed by atoms with Crippen molar-refractivity contribution >= 4 is 5.69 Å². The Morgan fingerprint density at radius 3 is 2.32 bits per heavy atom. The first-order valence-corrected chi connectivity index (χ1v) is 6.66. The zero-order valence-electron chi connectivity index (χ0n) is 11.5. The third kappa shape index (κ3) is 3.31. The summed E-state index contributed by atoms with van der Waals surface area (Å²) in [5, 5.41) is 12.7. The van der Waals surface area contributed by atoms with Gasteiger partial charge in [0.05, 0.1) is 26.2 Å². The molecule has 19 heavy (non-hydrogen) atoms. The highest BCUT2D eigenvalue weighted by Gasteiger charge is 2.24. The van der Waals surface area contributed by atoms with Gasteiger partial charge in [0.1, 0.15) is 11.5 Å². The van der Waals surface area contributed by atoms with Gasteiger partial charge in [-0.05, 0) is 12.8 Å². The van der Waals surface area contributed by atoms with Gasteiger partial charge in [0.15, 0.2) is 0 Å². The number of anilines is 1. The second-order valence-electron chi connectivity index (χ2n) is 4.87. The van der Waals surface area contributed by atoms with E-state index >= 15 is 0 Å². The maximum atomic E-state index is 9.20. The monoisotopic (exact) mass is 260 g/mol. The van der Waals surface area contributed by atoms with Gasteiger partial charge in [-0.25, -0.2) is 0 Å². The fraction of sp³-hybridized carbons (Fsp3) is 0.533. The van der Waals surface area contributed by atoms with E-state index in [1.807, 2.05) is 18.2 Å². The number of rotatable bonds is 4. The van der Waals surface area contributed by atoms with Gasteiger partial charge < -0.3 is 14.8 Å². The smallest absolute Gasteiger partial charge is 0.124 e. The summed E-state index contributed by atoms with van der Waals surface area (Å²) >= 11 is 0.